The molecule has 1 aromatic carbocycles. The van der Waals surface area contributed by atoms with Crippen molar-refractivity contribution in [1.82, 2.24) is 0 Å². The zero-order chi connectivity index (χ0) is 12.3. The molecule has 0 aliphatic carbocycles. The Bertz CT molecular complexity index is 390. The summed E-state index contributed by atoms with van der Waals surface area (Å²) in [4.78, 5) is 11.1. The van der Waals surface area contributed by atoms with Gasteiger partial charge in [-0.05, 0) is 19.1 Å². The van der Waals surface area contributed by atoms with Crippen molar-refractivity contribution in [1.29, 1.82) is 0 Å². The van der Waals surface area contributed by atoms with Crippen LogP contribution in [0.5, 0.6) is 5.75 Å². The average Bonchev–Trinajstić information content (AvgIpc) is 2.16. The van der Waals surface area contributed by atoms with Crippen molar-refractivity contribution in [3.8, 4) is 5.75 Å². The van der Waals surface area contributed by atoms with Crippen molar-refractivity contribution in [2.45, 2.75) is 20.0 Å². The van der Waals surface area contributed by atoms with Gasteiger partial charge in [-0.25, -0.2) is 8.78 Å². The Morgan fingerprint density at radius 3 is 2.31 bits per heavy atom. The summed E-state index contributed by atoms with van der Waals surface area (Å²) in [7, 11) is 0. The summed E-state index contributed by atoms with van der Waals surface area (Å²) in [5.41, 5.74) is -0.994. The maximum absolute atomic E-state index is 12.5. The molecule has 0 aliphatic heterocycles. The quantitative estimate of drug-likeness (QED) is 0.591. The highest BCUT2D eigenvalue weighted by Gasteiger charge is 2.21. The highest BCUT2D eigenvalue weighted by Crippen LogP contribution is 2.33. The number of carbonyl (C=O) groups excluding carboxylic acids is 1. The predicted molar refractivity (Wildman–Crippen MR) is 48.0 cm³/mol. The molecule has 0 amide bonds. The molecule has 0 aliphatic rings. The van der Waals surface area contributed by atoms with E-state index in [1.54, 1.807) is 0 Å². The SMILES string of the molecule is CC(=O)c1cccc(C(F)F)c1OC(F)F. The fraction of sp³-hybridized carbons (Fsp3) is 0.300. The highest BCUT2D eigenvalue weighted by molar-refractivity contribution is 5.97. The maximum Gasteiger partial charge on any atom is 0.387 e. The summed E-state index contributed by atoms with van der Waals surface area (Å²) in [5.74, 6) is -1.36. The summed E-state index contributed by atoms with van der Waals surface area (Å²) < 4.78 is 53.0. The molecule has 0 saturated heterocycles. The Kier molecular flexibility index (Phi) is 3.87. The van der Waals surface area contributed by atoms with E-state index in [2.05, 4.69) is 4.74 Å². The molecule has 0 spiro atoms. The lowest BCUT2D eigenvalue weighted by molar-refractivity contribution is -0.0522. The van der Waals surface area contributed by atoms with Crippen LogP contribution in [0.2, 0.25) is 0 Å². The van der Waals surface area contributed by atoms with Crippen molar-refractivity contribution in [3.63, 3.8) is 0 Å². The second-order valence-electron chi connectivity index (χ2n) is 2.96. The van der Waals surface area contributed by atoms with E-state index < -0.39 is 30.1 Å². The number of benzene rings is 1. The molecule has 6 heteroatoms. The molecule has 1 rings (SSSR count). The van der Waals surface area contributed by atoms with Gasteiger partial charge in [-0.3, -0.25) is 4.79 Å². The van der Waals surface area contributed by atoms with Gasteiger partial charge in [0.25, 0.3) is 6.43 Å². The molecule has 0 saturated carbocycles. The molecule has 16 heavy (non-hydrogen) atoms. The highest BCUT2D eigenvalue weighted by atomic mass is 19.3. The topological polar surface area (TPSA) is 26.3 Å². The van der Waals surface area contributed by atoms with E-state index in [-0.39, 0.29) is 5.56 Å². The summed E-state index contributed by atoms with van der Waals surface area (Å²) >= 11 is 0. The van der Waals surface area contributed by atoms with Gasteiger partial charge < -0.3 is 4.74 Å². The summed E-state index contributed by atoms with van der Waals surface area (Å²) in [6.07, 6.45) is -2.98. The summed E-state index contributed by atoms with van der Waals surface area (Å²) in [6.45, 7) is -2.17. The van der Waals surface area contributed by atoms with Crippen molar-refractivity contribution in [2.75, 3.05) is 0 Å². The second-order valence-corrected chi connectivity index (χ2v) is 2.96. The van der Waals surface area contributed by atoms with E-state index in [4.69, 9.17) is 0 Å². The number of ether oxygens (including phenoxy) is 1. The number of hydrogen-bond acceptors (Lipinski definition) is 2. The number of rotatable bonds is 4. The third-order valence-corrected chi connectivity index (χ3v) is 1.87. The zero-order valence-electron chi connectivity index (χ0n) is 8.22. The number of ketones is 1. The summed E-state index contributed by atoms with van der Waals surface area (Å²) in [5, 5.41) is 0. The third-order valence-electron chi connectivity index (χ3n) is 1.87. The fourth-order valence-corrected chi connectivity index (χ4v) is 1.22. The average molecular weight is 236 g/mol. The van der Waals surface area contributed by atoms with Crippen LogP contribution in [0.3, 0.4) is 0 Å². The molecular formula is C10H8F4O2. The number of Topliss-reactive ketones (excluding diaryl/α,β-unsaturated/α-hetero) is 1. The molecule has 0 fully saturated rings. The van der Waals surface area contributed by atoms with E-state index in [9.17, 15) is 22.4 Å². The van der Waals surface area contributed by atoms with Gasteiger partial charge >= 0.3 is 6.61 Å². The van der Waals surface area contributed by atoms with Crippen LogP contribution in [0.4, 0.5) is 17.6 Å². The molecule has 0 radical (unpaired) electrons. The van der Waals surface area contributed by atoms with Crippen LogP contribution in [0, 0.1) is 0 Å². The molecule has 0 N–H and O–H groups in total. The Hall–Kier alpha value is -1.59. The smallest absolute Gasteiger partial charge is 0.387 e. The van der Waals surface area contributed by atoms with Crippen LogP contribution in [0.25, 0.3) is 0 Å². The number of carbonyl (C=O) groups is 1. The first kappa shape index (κ1) is 12.5. The predicted octanol–water partition coefficient (Wildman–Crippen LogP) is 3.43. The van der Waals surface area contributed by atoms with Crippen LogP contribution in [0.15, 0.2) is 18.2 Å². The van der Waals surface area contributed by atoms with Crippen molar-refractivity contribution >= 4 is 5.78 Å². The van der Waals surface area contributed by atoms with Gasteiger partial charge in [0.05, 0.1) is 11.1 Å². The van der Waals surface area contributed by atoms with E-state index in [1.807, 2.05) is 0 Å². The Balaban J connectivity index is 3.29. The first-order chi connectivity index (χ1) is 7.43. The number of halogens is 4. The van der Waals surface area contributed by atoms with Crippen molar-refractivity contribution in [2.24, 2.45) is 0 Å². The third kappa shape index (κ3) is 2.71. The van der Waals surface area contributed by atoms with Gasteiger partial charge in [0.15, 0.2) is 5.78 Å². The molecule has 2 nitrogen and oxygen atoms in total. The van der Waals surface area contributed by atoms with E-state index in [1.165, 1.54) is 6.07 Å². The first-order valence-corrected chi connectivity index (χ1v) is 4.30. The van der Waals surface area contributed by atoms with Crippen molar-refractivity contribution < 1.29 is 27.1 Å². The molecule has 0 unspecified atom stereocenters. The molecule has 0 heterocycles. The molecule has 1 aromatic rings. The van der Waals surface area contributed by atoms with Gasteiger partial charge in [0.2, 0.25) is 0 Å². The summed E-state index contributed by atoms with van der Waals surface area (Å²) in [6, 6.07) is 3.29. The lowest BCUT2D eigenvalue weighted by Gasteiger charge is -2.13. The lowest BCUT2D eigenvalue weighted by atomic mass is 10.1. The standard InChI is InChI=1S/C10H8F4O2/c1-5(15)6-3-2-4-7(9(11)12)8(6)16-10(13)14/h2-4,9-10H,1H3. The van der Waals surface area contributed by atoms with Gasteiger partial charge in [-0.2, -0.15) is 8.78 Å². The van der Waals surface area contributed by atoms with Crippen LogP contribution in [-0.2, 0) is 0 Å². The minimum absolute atomic E-state index is 0.280. The van der Waals surface area contributed by atoms with Crippen molar-refractivity contribution in [3.05, 3.63) is 29.3 Å². The fourth-order valence-electron chi connectivity index (χ4n) is 1.22. The normalized spacial score (nSPS) is 10.9. The van der Waals surface area contributed by atoms with Crippen LogP contribution < -0.4 is 4.74 Å². The Morgan fingerprint density at radius 2 is 1.88 bits per heavy atom. The maximum atomic E-state index is 12.5. The van der Waals surface area contributed by atoms with E-state index in [0.717, 1.165) is 19.1 Å². The largest absolute Gasteiger partial charge is 0.434 e. The van der Waals surface area contributed by atoms with Gasteiger partial charge in [0, 0.05) is 0 Å². The Labute approximate surface area is 88.8 Å². The van der Waals surface area contributed by atoms with Gasteiger partial charge in [-0.15, -0.1) is 0 Å². The minimum atomic E-state index is -3.25. The van der Waals surface area contributed by atoms with E-state index in [0.29, 0.717) is 0 Å². The molecule has 88 valence electrons. The second kappa shape index (κ2) is 4.96. The number of hydrogen-bond donors (Lipinski definition) is 0. The lowest BCUT2D eigenvalue weighted by Crippen LogP contribution is -2.09. The number of para-hydroxylation sites is 1. The molecular weight excluding hydrogens is 228 g/mol. The minimum Gasteiger partial charge on any atom is -0.434 e. The molecule has 0 aromatic heterocycles. The van der Waals surface area contributed by atoms with E-state index >= 15 is 0 Å². The first-order valence-electron chi connectivity index (χ1n) is 4.30. The van der Waals surface area contributed by atoms with Crippen LogP contribution in [-0.4, -0.2) is 12.4 Å². The van der Waals surface area contributed by atoms with Gasteiger partial charge in [0.1, 0.15) is 5.75 Å². The zero-order valence-corrected chi connectivity index (χ0v) is 8.22. The van der Waals surface area contributed by atoms with Crippen LogP contribution >= 0.6 is 0 Å². The van der Waals surface area contributed by atoms with Gasteiger partial charge in [-0.1, -0.05) is 6.07 Å². The number of alkyl halides is 4. The molecule has 0 atom stereocenters. The Morgan fingerprint density at radius 1 is 1.25 bits per heavy atom. The molecule has 0 bridgehead atoms. The van der Waals surface area contributed by atoms with Crippen LogP contribution in [0.1, 0.15) is 29.3 Å². The monoisotopic (exact) mass is 236 g/mol.